The summed E-state index contributed by atoms with van der Waals surface area (Å²) in [6.07, 6.45) is -1.41. The van der Waals surface area contributed by atoms with Crippen molar-refractivity contribution in [3.8, 4) is 0 Å². The first-order valence-electron chi connectivity index (χ1n) is 6.18. The lowest BCUT2D eigenvalue weighted by Crippen LogP contribution is -2.10. The number of halogens is 1. The summed E-state index contributed by atoms with van der Waals surface area (Å²) in [5.41, 5.74) is 0.439. The Morgan fingerprint density at radius 3 is 2.33 bits per heavy atom. The second kappa shape index (κ2) is 6.60. The van der Waals surface area contributed by atoms with Crippen molar-refractivity contribution in [2.45, 2.75) is 6.17 Å². The summed E-state index contributed by atoms with van der Waals surface area (Å²) in [7, 11) is 0. The normalized spacial score (nSPS) is 11.7. The van der Waals surface area contributed by atoms with E-state index >= 15 is 0 Å². The van der Waals surface area contributed by atoms with Crippen molar-refractivity contribution in [2.24, 2.45) is 0 Å². The third-order valence-electron chi connectivity index (χ3n) is 2.84. The third kappa shape index (κ3) is 3.85. The van der Waals surface area contributed by atoms with Gasteiger partial charge in [-0.05, 0) is 17.7 Å². The molecule has 0 spiro atoms. The summed E-state index contributed by atoms with van der Waals surface area (Å²) in [5.74, 6) is -0.719. The number of esters is 1. The smallest absolute Gasteiger partial charge is 0.338 e. The van der Waals surface area contributed by atoms with Gasteiger partial charge in [0, 0.05) is 12.1 Å². The molecule has 21 heavy (non-hydrogen) atoms. The number of carbonyl (C=O) groups is 1. The number of carbonyl (C=O) groups excluding carboxylic acids is 1. The Bertz CT molecular complexity index is 628. The highest BCUT2D eigenvalue weighted by Gasteiger charge is 2.15. The molecule has 1 unspecified atom stereocenters. The minimum atomic E-state index is -1.41. The fraction of sp³-hybridized carbons (Fsp3) is 0.133. The van der Waals surface area contributed by atoms with Crippen LogP contribution in [-0.4, -0.2) is 17.5 Å². The average molecular weight is 289 g/mol. The van der Waals surface area contributed by atoms with E-state index in [1.165, 1.54) is 24.3 Å². The summed E-state index contributed by atoms with van der Waals surface area (Å²) in [5, 5.41) is 10.5. The lowest BCUT2D eigenvalue weighted by Gasteiger charge is -2.09. The predicted molar refractivity (Wildman–Crippen MR) is 73.7 cm³/mol. The first-order chi connectivity index (χ1) is 10.1. The number of alkyl halides is 1. The molecular formula is C15H12FNO4. The van der Waals surface area contributed by atoms with Crippen LogP contribution in [0.5, 0.6) is 0 Å². The van der Waals surface area contributed by atoms with Crippen LogP contribution in [0.3, 0.4) is 0 Å². The van der Waals surface area contributed by atoms with Gasteiger partial charge < -0.3 is 4.74 Å². The highest BCUT2D eigenvalue weighted by Crippen LogP contribution is 2.18. The van der Waals surface area contributed by atoms with Crippen LogP contribution in [-0.2, 0) is 4.74 Å². The molecule has 2 aromatic rings. The van der Waals surface area contributed by atoms with Gasteiger partial charge >= 0.3 is 5.97 Å². The Morgan fingerprint density at radius 1 is 1.14 bits per heavy atom. The van der Waals surface area contributed by atoms with E-state index in [0.717, 1.165) is 0 Å². The van der Waals surface area contributed by atoms with E-state index in [1.807, 2.05) is 0 Å². The minimum Gasteiger partial charge on any atom is -0.459 e. The van der Waals surface area contributed by atoms with Crippen LogP contribution in [0.25, 0.3) is 0 Å². The zero-order valence-corrected chi connectivity index (χ0v) is 10.9. The fourth-order valence-electron chi connectivity index (χ4n) is 1.71. The van der Waals surface area contributed by atoms with Gasteiger partial charge in [0.2, 0.25) is 0 Å². The number of rotatable bonds is 5. The molecule has 2 rings (SSSR count). The Labute approximate surface area is 120 Å². The zero-order chi connectivity index (χ0) is 15.2. The van der Waals surface area contributed by atoms with Crippen LogP contribution in [0.1, 0.15) is 22.1 Å². The zero-order valence-electron chi connectivity index (χ0n) is 10.9. The van der Waals surface area contributed by atoms with Crippen molar-refractivity contribution in [3.63, 3.8) is 0 Å². The van der Waals surface area contributed by atoms with Gasteiger partial charge in [-0.2, -0.15) is 0 Å². The molecule has 2 aromatic carbocycles. The van der Waals surface area contributed by atoms with Crippen LogP contribution in [0.4, 0.5) is 10.1 Å². The Hall–Kier alpha value is -2.76. The summed E-state index contributed by atoms with van der Waals surface area (Å²) in [4.78, 5) is 21.6. The van der Waals surface area contributed by atoms with Gasteiger partial charge in [-0.15, -0.1) is 0 Å². The molecule has 108 valence electrons. The van der Waals surface area contributed by atoms with E-state index in [9.17, 15) is 19.3 Å². The summed E-state index contributed by atoms with van der Waals surface area (Å²) in [6, 6.07) is 13.3. The van der Waals surface area contributed by atoms with Crippen LogP contribution in [0, 0.1) is 10.1 Å². The lowest BCUT2D eigenvalue weighted by atomic mass is 10.1. The molecule has 0 fully saturated rings. The molecule has 5 nitrogen and oxygen atoms in total. The van der Waals surface area contributed by atoms with Gasteiger partial charge in [-0.3, -0.25) is 10.1 Å². The fourth-order valence-corrected chi connectivity index (χ4v) is 1.71. The largest absolute Gasteiger partial charge is 0.459 e. The van der Waals surface area contributed by atoms with Crippen molar-refractivity contribution in [2.75, 3.05) is 6.61 Å². The van der Waals surface area contributed by atoms with Gasteiger partial charge in [0.1, 0.15) is 6.61 Å². The van der Waals surface area contributed by atoms with E-state index in [4.69, 9.17) is 4.74 Å². The van der Waals surface area contributed by atoms with Crippen LogP contribution < -0.4 is 0 Å². The predicted octanol–water partition coefficient (Wildman–Crippen LogP) is 3.46. The Balaban J connectivity index is 1.94. The minimum absolute atomic E-state index is 0.126. The van der Waals surface area contributed by atoms with E-state index < -0.39 is 23.7 Å². The molecule has 0 radical (unpaired) electrons. The molecule has 1 atom stereocenters. The van der Waals surface area contributed by atoms with E-state index in [0.29, 0.717) is 5.56 Å². The molecule has 0 bridgehead atoms. The molecule has 0 saturated carbocycles. The van der Waals surface area contributed by atoms with Crippen molar-refractivity contribution in [3.05, 3.63) is 75.8 Å². The molecule has 0 aliphatic heterocycles. The van der Waals surface area contributed by atoms with Crippen molar-refractivity contribution >= 4 is 11.7 Å². The molecule has 0 aromatic heterocycles. The summed E-state index contributed by atoms with van der Waals surface area (Å²) < 4.78 is 18.7. The summed E-state index contributed by atoms with van der Waals surface area (Å²) >= 11 is 0. The summed E-state index contributed by atoms with van der Waals surface area (Å²) in [6.45, 7) is -0.403. The molecule has 0 N–H and O–H groups in total. The van der Waals surface area contributed by atoms with Crippen LogP contribution in [0.15, 0.2) is 54.6 Å². The monoisotopic (exact) mass is 289 g/mol. The second-order valence-corrected chi connectivity index (χ2v) is 4.28. The molecule has 0 aliphatic rings. The van der Waals surface area contributed by atoms with Gasteiger partial charge in [0.05, 0.1) is 10.5 Å². The Kier molecular flexibility index (Phi) is 4.61. The second-order valence-electron chi connectivity index (χ2n) is 4.28. The van der Waals surface area contributed by atoms with Crippen molar-refractivity contribution in [1.29, 1.82) is 0 Å². The van der Waals surface area contributed by atoms with Gasteiger partial charge in [0.25, 0.3) is 5.69 Å². The topological polar surface area (TPSA) is 69.4 Å². The number of nitro benzene ring substituents is 1. The highest BCUT2D eigenvalue weighted by atomic mass is 19.1. The van der Waals surface area contributed by atoms with E-state index in [2.05, 4.69) is 0 Å². The number of benzene rings is 2. The first kappa shape index (κ1) is 14.6. The molecule has 0 saturated heterocycles. The third-order valence-corrected chi connectivity index (χ3v) is 2.84. The Morgan fingerprint density at radius 2 is 1.76 bits per heavy atom. The number of nitro groups is 1. The quantitative estimate of drug-likeness (QED) is 0.480. The number of ether oxygens (including phenoxy) is 1. The van der Waals surface area contributed by atoms with Gasteiger partial charge in [-0.25, -0.2) is 9.18 Å². The molecule has 6 heteroatoms. The van der Waals surface area contributed by atoms with E-state index in [-0.39, 0.29) is 11.3 Å². The number of non-ortho nitro benzene ring substituents is 1. The van der Waals surface area contributed by atoms with E-state index in [1.54, 1.807) is 30.3 Å². The SMILES string of the molecule is O=C(OCC(F)c1ccccc1)c1ccc([N+](=O)[O-])cc1. The van der Waals surface area contributed by atoms with Crippen molar-refractivity contribution in [1.82, 2.24) is 0 Å². The maximum Gasteiger partial charge on any atom is 0.338 e. The maximum absolute atomic E-state index is 13.8. The van der Waals surface area contributed by atoms with Crippen LogP contribution in [0.2, 0.25) is 0 Å². The molecule has 0 aliphatic carbocycles. The number of nitrogens with zero attached hydrogens (tertiary/aromatic N) is 1. The lowest BCUT2D eigenvalue weighted by molar-refractivity contribution is -0.384. The standard InChI is InChI=1S/C15H12FNO4/c16-14(11-4-2-1-3-5-11)10-21-15(18)12-6-8-13(9-7-12)17(19)20/h1-9,14H,10H2. The average Bonchev–Trinajstić information content (AvgIpc) is 2.53. The van der Waals surface area contributed by atoms with Gasteiger partial charge in [-0.1, -0.05) is 30.3 Å². The van der Waals surface area contributed by atoms with Gasteiger partial charge in [0.15, 0.2) is 6.17 Å². The molecule has 0 heterocycles. The highest BCUT2D eigenvalue weighted by molar-refractivity contribution is 5.89. The molecular weight excluding hydrogens is 277 g/mol. The first-order valence-corrected chi connectivity index (χ1v) is 6.18. The maximum atomic E-state index is 13.8. The number of hydrogen-bond donors (Lipinski definition) is 0. The number of hydrogen-bond acceptors (Lipinski definition) is 4. The van der Waals surface area contributed by atoms with Crippen molar-refractivity contribution < 1.29 is 18.8 Å². The molecule has 0 amide bonds. The van der Waals surface area contributed by atoms with Crippen LogP contribution >= 0.6 is 0 Å².